The first kappa shape index (κ1) is 19.5. The molecule has 0 bridgehead atoms. The van der Waals surface area contributed by atoms with Crippen LogP contribution in [-0.4, -0.2) is 30.7 Å². The van der Waals surface area contributed by atoms with Gasteiger partial charge in [0, 0.05) is 24.9 Å². The first-order valence-corrected chi connectivity index (χ1v) is 8.52. The molecule has 0 heterocycles. The fourth-order valence-corrected chi connectivity index (χ4v) is 2.66. The fraction of sp³-hybridized carbons (Fsp3) is 0.300. The highest BCUT2D eigenvalue weighted by atomic mass is 16.3. The van der Waals surface area contributed by atoms with Crippen molar-refractivity contribution in [3.8, 4) is 0 Å². The molecule has 4 N–H and O–H groups in total. The number of aliphatic hydroxyl groups is 1. The molecule has 138 valence electrons. The molecule has 2 rings (SSSR count). The second kappa shape index (κ2) is 9.01. The maximum atomic E-state index is 12.4. The van der Waals surface area contributed by atoms with E-state index in [1.807, 2.05) is 38.1 Å². The van der Waals surface area contributed by atoms with E-state index in [2.05, 4.69) is 16.0 Å². The zero-order valence-corrected chi connectivity index (χ0v) is 15.3. The number of hydrogen-bond donors (Lipinski definition) is 4. The molecular weight excluding hydrogens is 330 g/mol. The quantitative estimate of drug-likeness (QED) is 0.642. The van der Waals surface area contributed by atoms with Crippen LogP contribution in [0.1, 0.15) is 39.5 Å². The zero-order valence-electron chi connectivity index (χ0n) is 15.3. The summed E-state index contributed by atoms with van der Waals surface area (Å²) >= 11 is 0. The summed E-state index contributed by atoms with van der Waals surface area (Å²) in [6.07, 6.45) is 0.422. The lowest BCUT2D eigenvalue weighted by Crippen LogP contribution is -2.33. The summed E-state index contributed by atoms with van der Waals surface area (Å²) < 4.78 is 0. The van der Waals surface area contributed by atoms with E-state index < -0.39 is 0 Å². The largest absolute Gasteiger partial charge is 0.396 e. The number of carbonyl (C=O) groups is 2. The maximum Gasteiger partial charge on any atom is 0.319 e. The normalized spacial score (nSPS) is 11.5. The van der Waals surface area contributed by atoms with Crippen LogP contribution in [0.25, 0.3) is 0 Å². The minimum atomic E-state index is -0.361. The van der Waals surface area contributed by atoms with Gasteiger partial charge in [0.2, 0.25) is 0 Å². The van der Waals surface area contributed by atoms with E-state index in [4.69, 9.17) is 0 Å². The summed E-state index contributed by atoms with van der Waals surface area (Å²) in [5.41, 5.74) is 4.02. The molecule has 0 spiro atoms. The van der Waals surface area contributed by atoms with Crippen LogP contribution in [-0.2, 0) is 0 Å². The second-order valence-electron chi connectivity index (χ2n) is 6.18. The Hall–Kier alpha value is -2.86. The Morgan fingerprint density at radius 3 is 2.35 bits per heavy atom. The summed E-state index contributed by atoms with van der Waals surface area (Å²) in [4.78, 5) is 24.0. The molecule has 6 nitrogen and oxygen atoms in total. The Kier molecular flexibility index (Phi) is 6.74. The number of rotatable bonds is 6. The van der Waals surface area contributed by atoms with Gasteiger partial charge in [-0.3, -0.25) is 4.79 Å². The average molecular weight is 355 g/mol. The predicted molar refractivity (Wildman–Crippen MR) is 102 cm³/mol. The molecule has 0 fully saturated rings. The third-order valence-corrected chi connectivity index (χ3v) is 4.17. The molecule has 0 aliphatic heterocycles. The summed E-state index contributed by atoms with van der Waals surface area (Å²) in [5, 5.41) is 17.6. The van der Waals surface area contributed by atoms with Gasteiger partial charge in [-0.25, -0.2) is 4.79 Å². The monoisotopic (exact) mass is 355 g/mol. The number of urea groups is 1. The molecule has 2 aromatic rings. The number of carbonyl (C=O) groups excluding carboxylic acids is 2. The molecule has 0 aliphatic rings. The summed E-state index contributed by atoms with van der Waals surface area (Å²) in [6, 6.07) is 12.3. The van der Waals surface area contributed by atoms with Crippen LogP contribution in [0, 0.1) is 13.8 Å². The number of benzene rings is 2. The molecule has 26 heavy (non-hydrogen) atoms. The summed E-state index contributed by atoms with van der Waals surface area (Å²) in [5.74, 6) is -0.175. The highest BCUT2D eigenvalue weighted by molar-refractivity contribution is 5.96. The van der Waals surface area contributed by atoms with Crippen LogP contribution in [0.2, 0.25) is 0 Å². The Labute approximate surface area is 153 Å². The molecule has 0 saturated carbocycles. The van der Waals surface area contributed by atoms with Crippen molar-refractivity contribution in [1.29, 1.82) is 0 Å². The van der Waals surface area contributed by atoms with Crippen molar-refractivity contribution in [3.05, 3.63) is 64.7 Å². The smallest absolute Gasteiger partial charge is 0.319 e. The molecule has 2 aromatic carbocycles. The van der Waals surface area contributed by atoms with Gasteiger partial charge in [-0.1, -0.05) is 29.8 Å². The lowest BCUT2D eigenvalue weighted by molar-refractivity contribution is 0.0963. The van der Waals surface area contributed by atoms with E-state index in [1.165, 1.54) is 0 Å². The van der Waals surface area contributed by atoms with Gasteiger partial charge in [0.1, 0.15) is 0 Å². The lowest BCUT2D eigenvalue weighted by atomic mass is 10.0. The second-order valence-corrected chi connectivity index (χ2v) is 6.18. The van der Waals surface area contributed by atoms with Crippen molar-refractivity contribution < 1.29 is 14.7 Å². The molecule has 0 aromatic heterocycles. The van der Waals surface area contributed by atoms with Crippen molar-refractivity contribution in [2.75, 3.05) is 19.0 Å². The van der Waals surface area contributed by atoms with E-state index in [0.29, 0.717) is 17.7 Å². The van der Waals surface area contributed by atoms with Crippen LogP contribution in [0.4, 0.5) is 10.5 Å². The minimum absolute atomic E-state index is 0.0291. The number of hydrogen-bond acceptors (Lipinski definition) is 3. The van der Waals surface area contributed by atoms with Crippen molar-refractivity contribution in [2.45, 2.75) is 26.3 Å². The average Bonchev–Trinajstić information content (AvgIpc) is 2.63. The number of aryl methyl sites for hydroxylation is 2. The zero-order chi connectivity index (χ0) is 19.1. The number of anilines is 1. The van der Waals surface area contributed by atoms with Gasteiger partial charge in [0.15, 0.2) is 0 Å². The molecular formula is C20H25N3O3. The molecule has 0 radical (unpaired) electrons. The van der Waals surface area contributed by atoms with E-state index in [9.17, 15) is 14.7 Å². The van der Waals surface area contributed by atoms with E-state index >= 15 is 0 Å². The van der Waals surface area contributed by atoms with E-state index in [1.54, 1.807) is 25.2 Å². The fourth-order valence-electron chi connectivity index (χ4n) is 2.66. The SMILES string of the molecule is CNC(=O)c1ccc(NC(=O)N[C@H](CCO)c2ccc(C)cc2)c(C)c1. The van der Waals surface area contributed by atoms with Gasteiger partial charge < -0.3 is 21.1 Å². The summed E-state index contributed by atoms with van der Waals surface area (Å²) in [6.45, 7) is 3.79. The standard InChI is InChI=1S/C20H25N3O3/c1-13-4-6-15(7-5-13)18(10-11-24)23-20(26)22-17-9-8-16(12-14(17)2)19(25)21-3/h4-9,12,18,24H,10-11H2,1-3H3,(H,21,25)(H2,22,23,26)/t18-/m1/s1. The van der Waals surface area contributed by atoms with Gasteiger partial charge in [0.25, 0.3) is 5.91 Å². The van der Waals surface area contributed by atoms with Crippen molar-refractivity contribution >= 4 is 17.6 Å². The molecule has 3 amide bonds. The highest BCUT2D eigenvalue weighted by Crippen LogP contribution is 2.19. The van der Waals surface area contributed by atoms with Crippen LogP contribution >= 0.6 is 0 Å². The Balaban J connectivity index is 2.08. The van der Waals surface area contributed by atoms with Crippen molar-refractivity contribution in [2.24, 2.45) is 0 Å². The Morgan fingerprint density at radius 1 is 1.08 bits per heavy atom. The van der Waals surface area contributed by atoms with Crippen LogP contribution < -0.4 is 16.0 Å². The van der Waals surface area contributed by atoms with Crippen molar-refractivity contribution in [3.63, 3.8) is 0 Å². The predicted octanol–water partition coefficient (Wildman–Crippen LogP) is 2.91. The molecule has 0 unspecified atom stereocenters. The van der Waals surface area contributed by atoms with Gasteiger partial charge in [-0.2, -0.15) is 0 Å². The summed E-state index contributed by atoms with van der Waals surface area (Å²) in [7, 11) is 1.57. The van der Waals surface area contributed by atoms with Gasteiger partial charge in [-0.05, 0) is 49.6 Å². The van der Waals surface area contributed by atoms with Gasteiger partial charge >= 0.3 is 6.03 Å². The van der Waals surface area contributed by atoms with Gasteiger partial charge in [0.05, 0.1) is 6.04 Å². The van der Waals surface area contributed by atoms with Gasteiger partial charge in [-0.15, -0.1) is 0 Å². The highest BCUT2D eigenvalue weighted by Gasteiger charge is 2.15. The number of amides is 3. The Morgan fingerprint density at radius 2 is 1.77 bits per heavy atom. The van der Waals surface area contributed by atoms with Crippen LogP contribution in [0.15, 0.2) is 42.5 Å². The topological polar surface area (TPSA) is 90.5 Å². The molecule has 0 aliphatic carbocycles. The number of aliphatic hydroxyl groups excluding tert-OH is 1. The van der Waals surface area contributed by atoms with Crippen LogP contribution in [0.5, 0.6) is 0 Å². The van der Waals surface area contributed by atoms with E-state index in [0.717, 1.165) is 16.7 Å². The third kappa shape index (κ3) is 5.07. The molecule has 0 saturated heterocycles. The molecule has 6 heteroatoms. The van der Waals surface area contributed by atoms with Crippen LogP contribution in [0.3, 0.4) is 0 Å². The molecule has 1 atom stereocenters. The third-order valence-electron chi connectivity index (χ3n) is 4.17. The maximum absolute atomic E-state index is 12.4. The first-order valence-electron chi connectivity index (χ1n) is 8.52. The number of nitrogens with one attached hydrogen (secondary N) is 3. The lowest BCUT2D eigenvalue weighted by Gasteiger charge is -2.19. The minimum Gasteiger partial charge on any atom is -0.396 e. The Bertz CT molecular complexity index is 772. The first-order chi connectivity index (χ1) is 12.4. The van der Waals surface area contributed by atoms with Crippen molar-refractivity contribution in [1.82, 2.24) is 10.6 Å². The van der Waals surface area contributed by atoms with E-state index in [-0.39, 0.29) is 24.6 Å².